The van der Waals surface area contributed by atoms with E-state index in [0.717, 1.165) is 13.0 Å². The van der Waals surface area contributed by atoms with Crippen LogP contribution in [0.1, 0.15) is 12.0 Å². The Morgan fingerprint density at radius 3 is 2.79 bits per heavy atom. The minimum atomic E-state index is 0.0927. The van der Waals surface area contributed by atoms with E-state index in [0.29, 0.717) is 12.1 Å². The first-order chi connectivity index (χ1) is 6.84. The van der Waals surface area contributed by atoms with Crippen LogP contribution in [0.5, 0.6) is 0 Å². The number of rotatable bonds is 2. The number of carbonyl (C=O) groups excluding carboxylic acids is 1. The number of amides is 2. The van der Waals surface area contributed by atoms with Crippen molar-refractivity contribution in [1.82, 2.24) is 10.2 Å². The Hall–Kier alpha value is -1.51. The fourth-order valence-corrected chi connectivity index (χ4v) is 2.04. The standard InChI is InChI=1S/C11H12N2O/c14-11-12-9-6-10(9)13(11)7-8-4-2-1-3-5-8/h1-5,9-10H,6-7H2,(H,12,14). The summed E-state index contributed by atoms with van der Waals surface area (Å²) in [7, 11) is 0. The Balaban J connectivity index is 1.76. The van der Waals surface area contributed by atoms with Gasteiger partial charge in [0.05, 0.1) is 12.1 Å². The molecule has 1 heterocycles. The van der Waals surface area contributed by atoms with Gasteiger partial charge in [-0.3, -0.25) is 0 Å². The predicted molar refractivity (Wildman–Crippen MR) is 52.7 cm³/mol. The molecule has 0 aromatic heterocycles. The molecule has 0 radical (unpaired) electrons. The fourth-order valence-electron chi connectivity index (χ4n) is 2.04. The van der Waals surface area contributed by atoms with Crippen LogP contribution < -0.4 is 5.32 Å². The fraction of sp³-hybridized carbons (Fsp3) is 0.364. The van der Waals surface area contributed by atoms with Crippen molar-refractivity contribution in [3.63, 3.8) is 0 Å². The average Bonchev–Trinajstić information content (AvgIpc) is 2.89. The lowest BCUT2D eigenvalue weighted by Crippen LogP contribution is -2.32. The van der Waals surface area contributed by atoms with Crippen LogP contribution >= 0.6 is 0 Å². The molecule has 3 nitrogen and oxygen atoms in total. The quantitative estimate of drug-likeness (QED) is 0.746. The summed E-state index contributed by atoms with van der Waals surface area (Å²) in [5, 5.41) is 2.95. The van der Waals surface area contributed by atoms with E-state index in [1.54, 1.807) is 0 Å². The highest BCUT2D eigenvalue weighted by Crippen LogP contribution is 2.34. The van der Waals surface area contributed by atoms with Gasteiger partial charge >= 0.3 is 6.03 Å². The maximum absolute atomic E-state index is 11.4. The van der Waals surface area contributed by atoms with Crippen LogP contribution in [-0.4, -0.2) is 23.0 Å². The van der Waals surface area contributed by atoms with Gasteiger partial charge in [-0.05, 0) is 12.0 Å². The van der Waals surface area contributed by atoms with Gasteiger partial charge in [-0.2, -0.15) is 0 Å². The molecule has 1 saturated heterocycles. The third-order valence-corrected chi connectivity index (χ3v) is 2.92. The van der Waals surface area contributed by atoms with Crippen LogP contribution in [0.25, 0.3) is 0 Å². The molecular formula is C11H12N2O. The van der Waals surface area contributed by atoms with Gasteiger partial charge in [-0.15, -0.1) is 0 Å². The van der Waals surface area contributed by atoms with E-state index in [-0.39, 0.29) is 6.03 Å². The summed E-state index contributed by atoms with van der Waals surface area (Å²) in [4.78, 5) is 13.4. The number of carbonyl (C=O) groups is 1. The highest BCUT2D eigenvalue weighted by atomic mass is 16.2. The lowest BCUT2D eigenvalue weighted by molar-refractivity contribution is 0.206. The number of fused-ring (bicyclic) bond motifs is 1. The van der Waals surface area contributed by atoms with Crippen molar-refractivity contribution < 1.29 is 4.79 Å². The molecule has 1 saturated carbocycles. The number of benzene rings is 1. The van der Waals surface area contributed by atoms with E-state index in [4.69, 9.17) is 0 Å². The van der Waals surface area contributed by atoms with E-state index < -0.39 is 0 Å². The van der Waals surface area contributed by atoms with Gasteiger partial charge in [0.2, 0.25) is 0 Å². The van der Waals surface area contributed by atoms with E-state index in [1.807, 2.05) is 23.1 Å². The lowest BCUT2D eigenvalue weighted by Gasteiger charge is -2.16. The Kier molecular flexibility index (Phi) is 1.54. The number of urea groups is 1. The van der Waals surface area contributed by atoms with E-state index in [1.165, 1.54) is 5.56 Å². The molecule has 0 spiro atoms. The Morgan fingerprint density at radius 2 is 2.14 bits per heavy atom. The SMILES string of the molecule is O=C1NC2CC2N1Cc1ccccc1. The van der Waals surface area contributed by atoms with Crippen LogP contribution in [0.4, 0.5) is 4.79 Å². The molecule has 2 unspecified atom stereocenters. The van der Waals surface area contributed by atoms with E-state index in [2.05, 4.69) is 17.4 Å². The summed E-state index contributed by atoms with van der Waals surface area (Å²) in [6, 6.07) is 11.1. The molecule has 3 rings (SSSR count). The summed E-state index contributed by atoms with van der Waals surface area (Å²) < 4.78 is 0. The third kappa shape index (κ3) is 1.16. The summed E-state index contributed by atoms with van der Waals surface area (Å²) in [6.07, 6.45) is 1.12. The van der Waals surface area contributed by atoms with Crippen LogP contribution in [0.15, 0.2) is 30.3 Å². The molecule has 72 valence electrons. The third-order valence-electron chi connectivity index (χ3n) is 2.92. The molecule has 0 bridgehead atoms. The van der Waals surface area contributed by atoms with Crippen LogP contribution in [0.2, 0.25) is 0 Å². The zero-order valence-electron chi connectivity index (χ0n) is 7.81. The van der Waals surface area contributed by atoms with Gasteiger partial charge in [0.25, 0.3) is 0 Å². The maximum Gasteiger partial charge on any atom is 0.318 e. The van der Waals surface area contributed by atoms with Gasteiger partial charge in [0.1, 0.15) is 0 Å². The van der Waals surface area contributed by atoms with Crippen molar-refractivity contribution in [3.8, 4) is 0 Å². The van der Waals surface area contributed by atoms with Crippen molar-refractivity contribution >= 4 is 6.03 Å². The van der Waals surface area contributed by atoms with Crippen molar-refractivity contribution in [2.75, 3.05) is 0 Å². The molecule has 3 heteroatoms. The van der Waals surface area contributed by atoms with Gasteiger partial charge in [-0.1, -0.05) is 30.3 Å². The molecule has 14 heavy (non-hydrogen) atoms. The van der Waals surface area contributed by atoms with Gasteiger partial charge in [0, 0.05) is 6.54 Å². The topological polar surface area (TPSA) is 32.3 Å². The molecule has 2 fully saturated rings. The van der Waals surface area contributed by atoms with Crippen LogP contribution in [0.3, 0.4) is 0 Å². The van der Waals surface area contributed by atoms with E-state index >= 15 is 0 Å². The molecule has 2 atom stereocenters. The highest BCUT2D eigenvalue weighted by molar-refractivity contribution is 5.79. The summed E-state index contributed by atoms with van der Waals surface area (Å²) in [6.45, 7) is 0.744. The molecule has 1 N–H and O–H groups in total. The Labute approximate surface area is 82.7 Å². The van der Waals surface area contributed by atoms with Gasteiger partial charge in [-0.25, -0.2) is 4.79 Å². The van der Waals surface area contributed by atoms with E-state index in [9.17, 15) is 4.79 Å². The summed E-state index contributed by atoms with van der Waals surface area (Å²) in [5.41, 5.74) is 1.20. The molecule has 1 aliphatic heterocycles. The first kappa shape index (κ1) is 7.85. The summed E-state index contributed by atoms with van der Waals surface area (Å²) >= 11 is 0. The number of nitrogens with one attached hydrogen (secondary N) is 1. The molecule has 2 aliphatic rings. The first-order valence-electron chi connectivity index (χ1n) is 4.95. The predicted octanol–water partition coefficient (Wildman–Crippen LogP) is 1.35. The second-order valence-corrected chi connectivity index (χ2v) is 3.97. The molecule has 1 aliphatic carbocycles. The first-order valence-corrected chi connectivity index (χ1v) is 4.95. The van der Waals surface area contributed by atoms with Crippen molar-refractivity contribution in [3.05, 3.63) is 35.9 Å². The number of nitrogens with zero attached hydrogens (tertiary/aromatic N) is 1. The molecule has 2 amide bonds. The second kappa shape index (κ2) is 2.74. The van der Waals surface area contributed by atoms with Crippen molar-refractivity contribution in [2.45, 2.75) is 25.0 Å². The molecule has 1 aromatic carbocycles. The van der Waals surface area contributed by atoms with Gasteiger partial charge < -0.3 is 10.2 Å². The average molecular weight is 188 g/mol. The minimum Gasteiger partial charge on any atom is -0.333 e. The maximum atomic E-state index is 11.4. The summed E-state index contributed by atoms with van der Waals surface area (Å²) in [5.74, 6) is 0. The zero-order valence-corrected chi connectivity index (χ0v) is 7.81. The second-order valence-electron chi connectivity index (χ2n) is 3.97. The van der Waals surface area contributed by atoms with Gasteiger partial charge in [0.15, 0.2) is 0 Å². The van der Waals surface area contributed by atoms with Crippen LogP contribution in [-0.2, 0) is 6.54 Å². The van der Waals surface area contributed by atoms with Crippen molar-refractivity contribution in [2.24, 2.45) is 0 Å². The van der Waals surface area contributed by atoms with Crippen molar-refractivity contribution in [1.29, 1.82) is 0 Å². The van der Waals surface area contributed by atoms with Crippen LogP contribution in [0, 0.1) is 0 Å². The zero-order chi connectivity index (χ0) is 9.54. The number of hydrogen-bond donors (Lipinski definition) is 1. The smallest absolute Gasteiger partial charge is 0.318 e. The normalized spacial score (nSPS) is 28.6. The largest absolute Gasteiger partial charge is 0.333 e. The monoisotopic (exact) mass is 188 g/mol. The highest BCUT2D eigenvalue weighted by Gasteiger charge is 2.51. The Bertz CT molecular complexity index is 363. The lowest BCUT2D eigenvalue weighted by atomic mass is 10.2. The number of hydrogen-bond acceptors (Lipinski definition) is 1. The Morgan fingerprint density at radius 1 is 1.36 bits per heavy atom. The minimum absolute atomic E-state index is 0.0927. The molecule has 1 aromatic rings. The molecular weight excluding hydrogens is 176 g/mol.